The molecule has 3 fully saturated rings. The van der Waals surface area contributed by atoms with Gasteiger partial charge in [0.15, 0.2) is 11.6 Å². The van der Waals surface area contributed by atoms with Gasteiger partial charge in [-0.15, -0.1) is 0 Å². The summed E-state index contributed by atoms with van der Waals surface area (Å²) in [5.41, 5.74) is 9.48. The summed E-state index contributed by atoms with van der Waals surface area (Å²) in [5, 5.41) is 10.9. The van der Waals surface area contributed by atoms with E-state index in [4.69, 9.17) is 11.5 Å². The van der Waals surface area contributed by atoms with E-state index in [2.05, 4.69) is 4.99 Å². The number of aliphatic hydroxyl groups excluding tert-OH is 1. The van der Waals surface area contributed by atoms with E-state index >= 15 is 0 Å². The molecule has 1 aromatic rings. The number of aliphatic imine (C=N–C) groups is 1. The third kappa shape index (κ3) is 2.91. The molecule has 3 aliphatic heterocycles. The smallest absolute Gasteiger partial charge is 0.259 e. The number of amidine groups is 1. The number of fused-ring (bicyclic) bond motifs is 2. The number of nitrogens with zero attached hydrogens (tertiary/aromatic N) is 2. The lowest BCUT2D eigenvalue weighted by Gasteiger charge is -2.41. The largest absolute Gasteiger partial charge is 0.380 e. The van der Waals surface area contributed by atoms with Gasteiger partial charge in [0.05, 0.1) is 5.41 Å². The highest BCUT2D eigenvalue weighted by molar-refractivity contribution is 6.09. The molecule has 5 rings (SSSR count). The Kier molecular flexibility index (Phi) is 4.68. The van der Waals surface area contributed by atoms with E-state index in [1.165, 1.54) is 17.0 Å². The third-order valence-corrected chi connectivity index (χ3v) is 6.96. The number of amides is 3. The summed E-state index contributed by atoms with van der Waals surface area (Å²) in [5.74, 6) is -2.27. The molecule has 0 spiro atoms. The number of hydrogen-bond donors (Lipinski definition) is 3. The van der Waals surface area contributed by atoms with Gasteiger partial charge in [-0.3, -0.25) is 24.3 Å². The number of aliphatic hydroxyl groups is 1. The average molecular weight is 416 g/mol. The van der Waals surface area contributed by atoms with Gasteiger partial charge in [0.1, 0.15) is 11.7 Å². The number of hydrogen-bond acceptors (Lipinski definition) is 5. The zero-order valence-corrected chi connectivity index (χ0v) is 16.7. The number of halogens is 1. The van der Waals surface area contributed by atoms with E-state index in [9.17, 15) is 23.9 Å². The quantitative estimate of drug-likeness (QED) is 0.644. The van der Waals surface area contributed by atoms with Crippen LogP contribution in [-0.2, 0) is 20.8 Å². The molecule has 1 aliphatic carbocycles. The summed E-state index contributed by atoms with van der Waals surface area (Å²) in [6.07, 6.45) is 0.297. The topological polar surface area (TPSA) is 139 Å². The molecule has 30 heavy (non-hydrogen) atoms. The molecule has 1 saturated carbocycles. The first-order chi connectivity index (χ1) is 14.1. The molecular formula is C21H25FN4O4. The van der Waals surface area contributed by atoms with Crippen LogP contribution in [0.1, 0.15) is 36.8 Å². The van der Waals surface area contributed by atoms with Crippen molar-refractivity contribution in [2.75, 3.05) is 6.54 Å². The molecule has 8 nitrogen and oxygen atoms in total. The van der Waals surface area contributed by atoms with Gasteiger partial charge in [-0.25, -0.2) is 4.39 Å². The van der Waals surface area contributed by atoms with Gasteiger partial charge in [0.25, 0.3) is 5.91 Å². The Morgan fingerprint density at radius 1 is 1.27 bits per heavy atom. The van der Waals surface area contributed by atoms with Gasteiger partial charge in [0.2, 0.25) is 11.8 Å². The van der Waals surface area contributed by atoms with Crippen LogP contribution in [0.2, 0.25) is 0 Å². The van der Waals surface area contributed by atoms with Crippen molar-refractivity contribution in [3.63, 3.8) is 0 Å². The van der Waals surface area contributed by atoms with Crippen LogP contribution < -0.4 is 11.5 Å². The zero-order chi connectivity index (χ0) is 21.8. The van der Waals surface area contributed by atoms with Crippen molar-refractivity contribution in [2.45, 2.75) is 50.7 Å². The predicted molar refractivity (Wildman–Crippen MR) is 106 cm³/mol. The lowest BCUT2D eigenvalue weighted by molar-refractivity contribution is -0.148. The molecule has 2 bridgehead atoms. The van der Waals surface area contributed by atoms with Crippen LogP contribution in [0.3, 0.4) is 0 Å². The maximum Gasteiger partial charge on any atom is 0.259 e. The molecule has 5 N–H and O–H groups in total. The lowest BCUT2D eigenvalue weighted by Crippen LogP contribution is -2.65. The maximum absolute atomic E-state index is 13.7. The molecule has 2 saturated heterocycles. The Morgan fingerprint density at radius 3 is 2.50 bits per heavy atom. The van der Waals surface area contributed by atoms with Gasteiger partial charge in [0, 0.05) is 18.9 Å². The first kappa shape index (κ1) is 20.5. The molecule has 9 heteroatoms. The zero-order valence-electron chi connectivity index (χ0n) is 16.7. The average Bonchev–Trinajstić information content (AvgIpc) is 2.96. The van der Waals surface area contributed by atoms with Crippen molar-refractivity contribution in [3.05, 3.63) is 35.1 Å². The van der Waals surface area contributed by atoms with Gasteiger partial charge >= 0.3 is 0 Å². The van der Waals surface area contributed by atoms with E-state index in [0.717, 1.165) is 0 Å². The highest BCUT2D eigenvalue weighted by Crippen LogP contribution is 2.46. The number of primary amides is 2. The van der Waals surface area contributed by atoms with Crippen molar-refractivity contribution >= 4 is 23.6 Å². The van der Waals surface area contributed by atoms with Crippen LogP contribution in [0.25, 0.3) is 0 Å². The monoisotopic (exact) mass is 416 g/mol. The van der Waals surface area contributed by atoms with Crippen LogP contribution >= 0.6 is 0 Å². The van der Waals surface area contributed by atoms with Gasteiger partial charge < -0.3 is 16.6 Å². The van der Waals surface area contributed by atoms with E-state index in [1.54, 1.807) is 13.0 Å². The van der Waals surface area contributed by atoms with Crippen molar-refractivity contribution in [2.24, 2.45) is 27.8 Å². The predicted octanol–water partition coefficient (Wildman–Crippen LogP) is 0.178. The summed E-state index contributed by atoms with van der Waals surface area (Å²) in [4.78, 5) is 43.8. The Balaban J connectivity index is 1.81. The second-order valence-corrected chi connectivity index (χ2v) is 8.76. The molecule has 0 aromatic heterocycles. The normalized spacial score (nSPS) is 33.0. The highest BCUT2D eigenvalue weighted by Gasteiger charge is 2.58. The first-order valence-corrected chi connectivity index (χ1v) is 10.0. The van der Waals surface area contributed by atoms with Crippen LogP contribution in [0.15, 0.2) is 23.2 Å². The molecule has 0 radical (unpaired) electrons. The van der Waals surface area contributed by atoms with Gasteiger partial charge in [-0.1, -0.05) is 12.1 Å². The van der Waals surface area contributed by atoms with Crippen molar-refractivity contribution < 1.29 is 23.9 Å². The highest BCUT2D eigenvalue weighted by atomic mass is 19.1. The van der Waals surface area contributed by atoms with E-state index in [0.29, 0.717) is 42.6 Å². The molecule has 1 aromatic carbocycles. The fourth-order valence-corrected chi connectivity index (χ4v) is 5.02. The second-order valence-electron chi connectivity index (χ2n) is 8.76. The summed E-state index contributed by atoms with van der Waals surface area (Å²) >= 11 is 0. The molecule has 3 heterocycles. The van der Waals surface area contributed by atoms with E-state index in [1.807, 2.05) is 0 Å². The van der Waals surface area contributed by atoms with E-state index < -0.39 is 40.6 Å². The molecule has 160 valence electrons. The van der Waals surface area contributed by atoms with Crippen LogP contribution in [0.5, 0.6) is 0 Å². The number of nitrogens with two attached hydrogens (primary N) is 2. The summed E-state index contributed by atoms with van der Waals surface area (Å²) in [6, 6.07) is 4.29. The Labute approximate surface area is 173 Å². The Bertz CT molecular complexity index is 970. The SMILES string of the molecule is Cc1cc(CC2(C(N)=O)N=C3C4CCC(C(N)=O)(CC4)CN3C(=O)C2O)ccc1F. The lowest BCUT2D eigenvalue weighted by atomic mass is 9.71. The van der Waals surface area contributed by atoms with Crippen molar-refractivity contribution in [3.8, 4) is 0 Å². The summed E-state index contributed by atoms with van der Waals surface area (Å²) in [7, 11) is 0. The summed E-state index contributed by atoms with van der Waals surface area (Å²) in [6.45, 7) is 1.62. The minimum atomic E-state index is -1.89. The second kappa shape index (κ2) is 6.87. The minimum Gasteiger partial charge on any atom is -0.380 e. The Hall–Kier alpha value is -2.81. The molecular weight excluding hydrogens is 391 g/mol. The summed E-state index contributed by atoms with van der Waals surface area (Å²) < 4.78 is 13.7. The fraction of sp³-hybridized carbons (Fsp3) is 0.524. The third-order valence-electron chi connectivity index (χ3n) is 6.96. The van der Waals surface area contributed by atoms with Crippen LogP contribution in [0.4, 0.5) is 4.39 Å². The molecule has 2 unspecified atom stereocenters. The Morgan fingerprint density at radius 2 is 1.93 bits per heavy atom. The fourth-order valence-electron chi connectivity index (χ4n) is 5.02. The first-order valence-electron chi connectivity index (χ1n) is 10.0. The number of benzene rings is 1. The molecule has 4 aliphatic rings. The minimum absolute atomic E-state index is 0.0397. The van der Waals surface area contributed by atoms with Crippen molar-refractivity contribution in [1.82, 2.24) is 4.90 Å². The maximum atomic E-state index is 13.7. The molecule has 3 amide bonds. The van der Waals surface area contributed by atoms with E-state index in [-0.39, 0.29) is 18.9 Å². The molecule has 2 atom stereocenters. The number of rotatable bonds is 4. The number of carbonyl (C=O) groups excluding carboxylic acids is 3. The number of aryl methyl sites for hydroxylation is 1. The number of carbonyl (C=O) groups is 3. The van der Waals surface area contributed by atoms with Crippen LogP contribution in [0, 0.1) is 24.1 Å². The van der Waals surface area contributed by atoms with Crippen LogP contribution in [-0.4, -0.2) is 51.8 Å². The standard InChI is InChI=1S/C21H25FN4O4/c1-11-8-12(2-3-14(11)22)9-21(19(24)30)15(27)17(28)26-10-20(18(23)29)6-4-13(5-7-20)16(26)25-21/h2-3,8,13,15,27H,4-7,9-10H2,1H3,(H2,23,29)(H2,24,30). The van der Waals surface area contributed by atoms with Gasteiger partial charge in [-0.2, -0.15) is 0 Å². The van der Waals surface area contributed by atoms with Gasteiger partial charge in [-0.05, 0) is 49.8 Å². The van der Waals surface area contributed by atoms with Crippen molar-refractivity contribution in [1.29, 1.82) is 0 Å².